The fourth-order valence-corrected chi connectivity index (χ4v) is 3.59. The van der Waals surface area contributed by atoms with Crippen molar-refractivity contribution in [2.24, 2.45) is 0 Å². The summed E-state index contributed by atoms with van der Waals surface area (Å²) in [6.45, 7) is 5.57. The summed E-state index contributed by atoms with van der Waals surface area (Å²) < 4.78 is 23.9. The molecule has 2 rings (SSSR count). The predicted octanol–water partition coefficient (Wildman–Crippen LogP) is 3.92. The maximum absolute atomic E-state index is 12.9. The van der Waals surface area contributed by atoms with Gasteiger partial charge in [-0.15, -0.1) is 0 Å². The predicted molar refractivity (Wildman–Crippen MR) is 82.7 cm³/mol. The van der Waals surface area contributed by atoms with E-state index in [0.29, 0.717) is 16.8 Å². The first-order chi connectivity index (χ1) is 9.42. The van der Waals surface area contributed by atoms with Crippen LogP contribution < -0.4 is 14.6 Å². The van der Waals surface area contributed by atoms with Crippen molar-refractivity contribution in [3.63, 3.8) is 0 Å². The first kappa shape index (κ1) is 14.7. The molecule has 2 aromatic rings. The number of rotatable bonds is 4. The van der Waals surface area contributed by atoms with Crippen molar-refractivity contribution in [2.45, 2.75) is 13.8 Å². The van der Waals surface area contributed by atoms with Crippen LogP contribution in [0, 0.1) is 13.8 Å². The molecule has 0 spiro atoms. The van der Waals surface area contributed by atoms with Gasteiger partial charge in [0.05, 0.1) is 12.4 Å². The lowest BCUT2D eigenvalue weighted by Gasteiger charge is -2.18. The molecule has 0 radical (unpaired) electrons. The molecule has 0 amide bonds. The van der Waals surface area contributed by atoms with Crippen LogP contribution in [0.4, 0.5) is 0 Å². The Morgan fingerprint density at radius 1 is 0.950 bits per heavy atom. The van der Waals surface area contributed by atoms with Gasteiger partial charge in [0.15, 0.2) is 0 Å². The number of benzene rings is 2. The molecule has 0 aliphatic carbocycles. The van der Waals surface area contributed by atoms with Crippen LogP contribution in [0.2, 0.25) is 0 Å². The zero-order chi connectivity index (χ0) is 14.8. The number of hydrogen-bond acceptors (Lipinski definition) is 3. The second-order valence-corrected chi connectivity index (χ2v) is 7.28. The Morgan fingerprint density at radius 2 is 1.55 bits per heavy atom. The van der Waals surface area contributed by atoms with Gasteiger partial charge in [0.2, 0.25) is 0 Å². The van der Waals surface area contributed by atoms with Gasteiger partial charge in [-0.1, -0.05) is 23.8 Å². The normalized spacial score (nSPS) is 13.6. The SMILES string of the molecule is COc1ccc(C)cc1P(C)(=O)Oc1ccc(C)cc1. The number of ether oxygens (including phenoxy) is 1. The Labute approximate surface area is 120 Å². The van der Waals surface area contributed by atoms with Crippen molar-refractivity contribution >= 4 is 12.7 Å². The van der Waals surface area contributed by atoms with Crippen LogP contribution >= 0.6 is 7.37 Å². The summed E-state index contributed by atoms with van der Waals surface area (Å²) in [5, 5.41) is 0.612. The van der Waals surface area contributed by atoms with Crippen LogP contribution in [0.3, 0.4) is 0 Å². The summed E-state index contributed by atoms with van der Waals surface area (Å²) in [7, 11) is -1.42. The fourth-order valence-electron chi connectivity index (χ4n) is 1.97. The molecule has 1 unspecified atom stereocenters. The topological polar surface area (TPSA) is 35.5 Å². The van der Waals surface area contributed by atoms with E-state index < -0.39 is 7.37 Å². The fraction of sp³-hybridized carbons (Fsp3) is 0.250. The summed E-state index contributed by atoms with van der Waals surface area (Å²) in [4.78, 5) is 0. The summed E-state index contributed by atoms with van der Waals surface area (Å²) in [5.41, 5.74) is 2.16. The van der Waals surface area contributed by atoms with E-state index in [2.05, 4.69) is 0 Å². The highest BCUT2D eigenvalue weighted by Gasteiger charge is 2.25. The van der Waals surface area contributed by atoms with E-state index in [1.54, 1.807) is 13.8 Å². The molecule has 1 atom stereocenters. The van der Waals surface area contributed by atoms with E-state index in [-0.39, 0.29) is 0 Å². The third-order valence-corrected chi connectivity index (χ3v) is 4.86. The van der Waals surface area contributed by atoms with Gasteiger partial charge in [-0.25, -0.2) is 0 Å². The van der Waals surface area contributed by atoms with Crippen LogP contribution in [0.1, 0.15) is 11.1 Å². The van der Waals surface area contributed by atoms with Gasteiger partial charge in [-0.3, -0.25) is 4.57 Å². The monoisotopic (exact) mass is 290 g/mol. The van der Waals surface area contributed by atoms with Gasteiger partial charge >= 0.3 is 0 Å². The average Bonchev–Trinajstić information content (AvgIpc) is 2.41. The molecule has 0 fully saturated rings. The van der Waals surface area contributed by atoms with E-state index in [9.17, 15) is 4.57 Å². The zero-order valence-corrected chi connectivity index (χ0v) is 13.1. The minimum Gasteiger partial charge on any atom is -0.496 e. The van der Waals surface area contributed by atoms with Crippen molar-refractivity contribution in [1.29, 1.82) is 0 Å². The Kier molecular flexibility index (Phi) is 4.20. The average molecular weight is 290 g/mol. The molecule has 2 aromatic carbocycles. The van der Waals surface area contributed by atoms with E-state index >= 15 is 0 Å². The second kappa shape index (κ2) is 5.72. The molecular formula is C16H19O3P. The van der Waals surface area contributed by atoms with Gasteiger partial charge in [-0.05, 0) is 43.7 Å². The number of hydrogen-bond donors (Lipinski definition) is 0. The zero-order valence-electron chi connectivity index (χ0n) is 12.2. The highest BCUT2D eigenvalue weighted by molar-refractivity contribution is 7.66. The molecule has 20 heavy (non-hydrogen) atoms. The third kappa shape index (κ3) is 3.23. The van der Waals surface area contributed by atoms with Crippen LogP contribution in [-0.4, -0.2) is 13.8 Å². The van der Waals surface area contributed by atoms with Gasteiger partial charge in [0.1, 0.15) is 11.5 Å². The molecular weight excluding hydrogens is 271 g/mol. The second-order valence-electron chi connectivity index (χ2n) is 4.93. The Bertz CT molecular complexity index is 647. The van der Waals surface area contributed by atoms with Crippen LogP contribution in [0.15, 0.2) is 42.5 Å². The highest BCUT2D eigenvalue weighted by atomic mass is 31.2. The number of methoxy groups -OCH3 is 1. The molecule has 0 aliphatic heterocycles. The van der Waals surface area contributed by atoms with Gasteiger partial charge in [0, 0.05) is 6.66 Å². The van der Waals surface area contributed by atoms with Crippen LogP contribution in [-0.2, 0) is 4.57 Å². The molecule has 4 heteroatoms. The van der Waals surface area contributed by atoms with Crippen molar-refractivity contribution in [3.05, 3.63) is 53.6 Å². The summed E-state index contributed by atoms with van der Waals surface area (Å²) in [6.07, 6.45) is 0. The van der Waals surface area contributed by atoms with E-state index in [0.717, 1.165) is 11.1 Å². The lowest BCUT2D eigenvalue weighted by Crippen LogP contribution is -2.12. The van der Waals surface area contributed by atoms with Crippen molar-refractivity contribution in [1.82, 2.24) is 0 Å². The summed E-state index contributed by atoms with van der Waals surface area (Å²) >= 11 is 0. The highest BCUT2D eigenvalue weighted by Crippen LogP contribution is 2.44. The van der Waals surface area contributed by atoms with Crippen molar-refractivity contribution < 1.29 is 13.8 Å². The van der Waals surface area contributed by atoms with Crippen molar-refractivity contribution in [3.8, 4) is 11.5 Å². The van der Waals surface area contributed by atoms with Crippen LogP contribution in [0.25, 0.3) is 0 Å². The lowest BCUT2D eigenvalue weighted by molar-refractivity contribution is 0.416. The first-order valence-electron chi connectivity index (χ1n) is 6.41. The standard InChI is InChI=1S/C16H19O3P/c1-12-5-8-14(9-6-12)19-20(4,17)16-11-13(2)7-10-15(16)18-3/h5-11H,1-4H3. The minimum atomic E-state index is -2.99. The molecule has 3 nitrogen and oxygen atoms in total. The van der Waals surface area contributed by atoms with Gasteiger partial charge < -0.3 is 9.26 Å². The van der Waals surface area contributed by atoms with Gasteiger partial charge in [-0.2, -0.15) is 0 Å². The molecule has 0 saturated carbocycles. The maximum Gasteiger partial charge on any atom is 0.277 e. The molecule has 0 N–H and O–H groups in total. The Balaban J connectivity index is 2.37. The van der Waals surface area contributed by atoms with E-state index in [1.165, 1.54) is 0 Å². The molecule has 0 aliphatic rings. The quantitative estimate of drug-likeness (QED) is 0.800. The van der Waals surface area contributed by atoms with Crippen molar-refractivity contribution in [2.75, 3.05) is 13.8 Å². The lowest BCUT2D eigenvalue weighted by atomic mass is 10.2. The summed E-state index contributed by atoms with van der Waals surface area (Å²) in [6, 6.07) is 13.1. The number of aryl methyl sites for hydroxylation is 2. The first-order valence-corrected chi connectivity index (χ1v) is 8.48. The smallest absolute Gasteiger partial charge is 0.277 e. The molecule has 0 bridgehead atoms. The minimum absolute atomic E-state index is 0.591. The molecule has 0 saturated heterocycles. The Morgan fingerprint density at radius 3 is 2.15 bits per heavy atom. The van der Waals surface area contributed by atoms with Gasteiger partial charge in [0.25, 0.3) is 7.37 Å². The Hall–Kier alpha value is -1.73. The molecule has 0 aromatic heterocycles. The molecule has 106 valence electrons. The van der Waals surface area contributed by atoms with Crippen LogP contribution in [0.5, 0.6) is 11.5 Å². The largest absolute Gasteiger partial charge is 0.496 e. The summed E-state index contributed by atoms with van der Waals surface area (Å²) in [5.74, 6) is 1.19. The van der Waals surface area contributed by atoms with E-state index in [4.69, 9.17) is 9.26 Å². The maximum atomic E-state index is 12.9. The third-order valence-electron chi connectivity index (χ3n) is 3.07. The van der Waals surface area contributed by atoms with E-state index in [1.807, 2.05) is 56.3 Å². The molecule has 0 heterocycles.